The first-order chi connectivity index (χ1) is 11.2. The molecule has 23 heavy (non-hydrogen) atoms. The van der Waals surface area contributed by atoms with E-state index in [1.165, 1.54) is 5.56 Å². The maximum absolute atomic E-state index is 12.4. The zero-order chi connectivity index (χ0) is 16.1. The number of carbonyl (C=O) groups excluding carboxylic acids is 1. The molecular formula is C18H27N3O2. The zero-order valence-corrected chi connectivity index (χ0v) is 13.9. The molecule has 5 nitrogen and oxygen atoms in total. The van der Waals surface area contributed by atoms with Crippen LogP contribution < -0.4 is 5.32 Å². The third-order valence-corrected chi connectivity index (χ3v) is 4.73. The zero-order valence-electron chi connectivity index (χ0n) is 13.9. The van der Waals surface area contributed by atoms with Gasteiger partial charge < -0.3 is 15.0 Å². The van der Waals surface area contributed by atoms with Crippen LogP contribution in [0.25, 0.3) is 0 Å². The molecule has 2 unspecified atom stereocenters. The molecule has 2 atom stereocenters. The fourth-order valence-electron chi connectivity index (χ4n) is 3.49. The lowest BCUT2D eigenvalue weighted by atomic mass is 10.1. The van der Waals surface area contributed by atoms with Gasteiger partial charge in [-0.1, -0.05) is 30.3 Å². The molecule has 1 N–H and O–H groups in total. The van der Waals surface area contributed by atoms with E-state index in [1.807, 2.05) is 11.9 Å². The highest BCUT2D eigenvalue weighted by atomic mass is 16.5. The number of rotatable bonds is 5. The lowest BCUT2D eigenvalue weighted by Crippen LogP contribution is -2.49. The molecule has 0 spiro atoms. The number of carbonyl (C=O) groups is 1. The summed E-state index contributed by atoms with van der Waals surface area (Å²) in [4.78, 5) is 16.7. The molecule has 2 aliphatic heterocycles. The van der Waals surface area contributed by atoms with Gasteiger partial charge >= 0.3 is 0 Å². The van der Waals surface area contributed by atoms with Crippen LogP contribution in [0.3, 0.4) is 0 Å². The van der Waals surface area contributed by atoms with Gasteiger partial charge in [-0.05, 0) is 24.4 Å². The number of likely N-dealkylation sites (N-methyl/N-ethyl adjacent to an activating group) is 1. The maximum Gasteiger partial charge on any atom is 0.252 e. The topological polar surface area (TPSA) is 44.8 Å². The van der Waals surface area contributed by atoms with E-state index >= 15 is 0 Å². The summed E-state index contributed by atoms with van der Waals surface area (Å²) in [5, 5.41) is 3.22. The third-order valence-electron chi connectivity index (χ3n) is 4.73. The summed E-state index contributed by atoms with van der Waals surface area (Å²) in [6.45, 7) is 6.10. The molecular weight excluding hydrogens is 290 g/mol. The summed E-state index contributed by atoms with van der Waals surface area (Å²) in [6, 6.07) is 10.6. The molecule has 126 valence electrons. The van der Waals surface area contributed by atoms with Gasteiger partial charge in [0.1, 0.15) is 6.10 Å². The first-order valence-electron chi connectivity index (χ1n) is 8.56. The molecule has 1 aromatic rings. The minimum Gasteiger partial charge on any atom is -0.366 e. The molecule has 2 fully saturated rings. The average Bonchev–Trinajstić information content (AvgIpc) is 3.02. The van der Waals surface area contributed by atoms with Crippen molar-refractivity contribution in [3.8, 4) is 0 Å². The number of morpholine rings is 1. The van der Waals surface area contributed by atoms with Gasteiger partial charge in [-0.3, -0.25) is 9.69 Å². The predicted molar refractivity (Wildman–Crippen MR) is 90.1 cm³/mol. The Balaban J connectivity index is 1.44. The Morgan fingerprint density at radius 3 is 2.96 bits per heavy atom. The Hall–Kier alpha value is -1.43. The van der Waals surface area contributed by atoms with E-state index in [4.69, 9.17) is 4.74 Å². The highest BCUT2D eigenvalue weighted by molar-refractivity contribution is 5.81. The Bertz CT molecular complexity index is 502. The van der Waals surface area contributed by atoms with E-state index in [0.29, 0.717) is 19.1 Å². The fraction of sp³-hybridized carbons (Fsp3) is 0.611. The molecule has 0 bridgehead atoms. The van der Waals surface area contributed by atoms with Gasteiger partial charge in [0.25, 0.3) is 5.91 Å². The Kier molecular flexibility index (Phi) is 5.65. The Morgan fingerprint density at radius 1 is 1.39 bits per heavy atom. The molecule has 2 aliphatic rings. The fourth-order valence-corrected chi connectivity index (χ4v) is 3.49. The van der Waals surface area contributed by atoms with Gasteiger partial charge in [-0.15, -0.1) is 0 Å². The van der Waals surface area contributed by atoms with Crippen LogP contribution in [-0.2, 0) is 16.1 Å². The number of likely N-dealkylation sites (tertiary alicyclic amines) is 1. The molecule has 0 saturated carbocycles. The van der Waals surface area contributed by atoms with Crippen molar-refractivity contribution in [3.63, 3.8) is 0 Å². The summed E-state index contributed by atoms with van der Waals surface area (Å²) in [6.07, 6.45) is 0.851. The van der Waals surface area contributed by atoms with Crippen molar-refractivity contribution in [2.45, 2.75) is 19.1 Å². The summed E-state index contributed by atoms with van der Waals surface area (Å²) in [7, 11) is 1.90. The van der Waals surface area contributed by atoms with Gasteiger partial charge in [0.2, 0.25) is 0 Å². The monoisotopic (exact) mass is 317 g/mol. The molecule has 0 aliphatic carbocycles. The number of benzene rings is 1. The van der Waals surface area contributed by atoms with Crippen molar-refractivity contribution >= 4 is 5.91 Å². The molecule has 1 amide bonds. The van der Waals surface area contributed by atoms with Crippen molar-refractivity contribution in [3.05, 3.63) is 35.9 Å². The van der Waals surface area contributed by atoms with Gasteiger partial charge in [0, 0.05) is 39.8 Å². The van der Waals surface area contributed by atoms with Crippen LogP contribution in [0.5, 0.6) is 0 Å². The van der Waals surface area contributed by atoms with E-state index in [1.54, 1.807) is 0 Å². The maximum atomic E-state index is 12.4. The van der Waals surface area contributed by atoms with Crippen molar-refractivity contribution < 1.29 is 9.53 Å². The van der Waals surface area contributed by atoms with Crippen LogP contribution in [0, 0.1) is 5.92 Å². The number of ether oxygens (including phenoxy) is 1. The average molecular weight is 317 g/mol. The highest BCUT2D eigenvalue weighted by Gasteiger charge is 2.29. The molecule has 2 saturated heterocycles. The minimum absolute atomic E-state index is 0.110. The summed E-state index contributed by atoms with van der Waals surface area (Å²) < 4.78 is 5.56. The lowest BCUT2D eigenvalue weighted by Gasteiger charge is -2.28. The van der Waals surface area contributed by atoms with E-state index in [-0.39, 0.29) is 12.0 Å². The number of amides is 1. The van der Waals surface area contributed by atoms with Crippen molar-refractivity contribution in [2.75, 3.05) is 46.4 Å². The van der Waals surface area contributed by atoms with E-state index in [2.05, 4.69) is 40.5 Å². The number of nitrogens with zero attached hydrogens (tertiary/aromatic N) is 2. The first-order valence-corrected chi connectivity index (χ1v) is 8.56. The van der Waals surface area contributed by atoms with Crippen LogP contribution in [0.2, 0.25) is 0 Å². The van der Waals surface area contributed by atoms with Crippen LogP contribution >= 0.6 is 0 Å². The Labute approximate surface area is 138 Å². The minimum atomic E-state index is -0.310. The van der Waals surface area contributed by atoms with Crippen molar-refractivity contribution in [2.24, 2.45) is 5.92 Å². The third kappa shape index (κ3) is 4.53. The molecule has 3 rings (SSSR count). The van der Waals surface area contributed by atoms with Crippen LogP contribution in [0.15, 0.2) is 30.3 Å². The van der Waals surface area contributed by atoms with E-state index < -0.39 is 0 Å². The summed E-state index contributed by atoms with van der Waals surface area (Å²) in [5.74, 6) is 0.669. The SMILES string of the molecule is CN(CC1CCN(Cc2ccccc2)C1)C(=O)C1CNCCO1. The number of nitrogens with one attached hydrogen (secondary N) is 1. The van der Waals surface area contributed by atoms with E-state index in [9.17, 15) is 4.79 Å². The van der Waals surface area contributed by atoms with Gasteiger partial charge in [0.15, 0.2) is 0 Å². The second-order valence-corrected chi connectivity index (χ2v) is 6.66. The van der Waals surface area contributed by atoms with Crippen LogP contribution in [-0.4, -0.2) is 68.2 Å². The summed E-state index contributed by atoms with van der Waals surface area (Å²) >= 11 is 0. The second kappa shape index (κ2) is 7.90. The van der Waals surface area contributed by atoms with Crippen LogP contribution in [0.1, 0.15) is 12.0 Å². The summed E-state index contributed by atoms with van der Waals surface area (Å²) in [5.41, 5.74) is 1.36. The van der Waals surface area contributed by atoms with Crippen molar-refractivity contribution in [1.82, 2.24) is 15.1 Å². The van der Waals surface area contributed by atoms with Gasteiger partial charge in [0.05, 0.1) is 6.61 Å². The first kappa shape index (κ1) is 16.4. The second-order valence-electron chi connectivity index (χ2n) is 6.66. The quantitative estimate of drug-likeness (QED) is 0.878. The molecule has 5 heteroatoms. The smallest absolute Gasteiger partial charge is 0.252 e. The number of hydrogen-bond acceptors (Lipinski definition) is 4. The molecule has 0 radical (unpaired) electrons. The Morgan fingerprint density at radius 2 is 2.22 bits per heavy atom. The standard InChI is InChI=1S/C18H27N3O2/c1-20(18(22)17-11-19-8-10-23-17)12-16-7-9-21(14-16)13-15-5-3-2-4-6-15/h2-6,16-17,19H,7-14H2,1H3. The molecule has 2 heterocycles. The normalized spacial score (nSPS) is 25.4. The molecule has 1 aromatic carbocycles. The van der Waals surface area contributed by atoms with Gasteiger partial charge in [-0.25, -0.2) is 0 Å². The largest absolute Gasteiger partial charge is 0.366 e. The van der Waals surface area contributed by atoms with Gasteiger partial charge in [-0.2, -0.15) is 0 Å². The highest BCUT2D eigenvalue weighted by Crippen LogP contribution is 2.20. The molecule has 0 aromatic heterocycles. The van der Waals surface area contributed by atoms with Crippen LogP contribution in [0.4, 0.5) is 0 Å². The number of hydrogen-bond donors (Lipinski definition) is 1. The van der Waals surface area contributed by atoms with E-state index in [0.717, 1.165) is 39.1 Å². The lowest BCUT2D eigenvalue weighted by molar-refractivity contribution is -0.144. The van der Waals surface area contributed by atoms with Crippen molar-refractivity contribution in [1.29, 1.82) is 0 Å². The predicted octanol–water partition coefficient (Wildman–Crippen LogP) is 0.955.